The SMILES string of the molecule is CCc1c2c(nc3ccc(O)cc13)-c1cc3c(c(=O)n1C2)COC(=O)[C@@]3(CC)OC(=O)CNC(=O)COCCOCC(COC)OCCOCC(=O)NCC(=O)O[C@]1(CC)C(=O)OCc2c1cc1n(c2=O)Cc2c-1nc1ccc(O)cc1c2CC. The van der Waals surface area contributed by atoms with Gasteiger partial charge in [-0.3, -0.25) is 28.8 Å². The summed E-state index contributed by atoms with van der Waals surface area (Å²) >= 11 is 0. The average molecular weight is 1170 g/mol. The highest BCUT2D eigenvalue weighted by Crippen LogP contribution is 2.44. The summed E-state index contributed by atoms with van der Waals surface area (Å²) in [5.74, 6) is -4.79. The molecule has 0 bridgehead atoms. The van der Waals surface area contributed by atoms with E-state index in [1.807, 2.05) is 13.8 Å². The number of phenolic OH excluding ortho intramolecular Hbond substituents is 2. The van der Waals surface area contributed by atoms with Gasteiger partial charge in [0.2, 0.25) is 23.0 Å². The monoisotopic (exact) mass is 1170 g/mol. The first kappa shape index (κ1) is 59.5. The van der Waals surface area contributed by atoms with E-state index in [0.29, 0.717) is 46.7 Å². The number of aromatic hydroxyl groups is 2. The van der Waals surface area contributed by atoms with Gasteiger partial charge in [0.1, 0.15) is 57.1 Å². The molecule has 0 saturated carbocycles. The number of hydrogen-bond acceptors (Lipinski definition) is 21. The molecule has 8 heterocycles. The number of fused-ring (bicyclic) bond motifs is 10. The summed E-state index contributed by atoms with van der Waals surface area (Å²) in [5, 5.41) is 26.8. The fraction of sp³-hybridized carbons (Fsp3) is 0.433. The first-order chi connectivity index (χ1) is 41.0. The van der Waals surface area contributed by atoms with E-state index in [-0.39, 0.29) is 113 Å². The number of nitrogens with zero attached hydrogens (tertiary/aromatic N) is 4. The third-order valence-electron chi connectivity index (χ3n) is 15.7. The second-order valence-corrected chi connectivity index (χ2v) is 20.7. The Balaban J connectivity index is 0.639. The summed E-state index contributed by atoms with van der Waals surface area (Å²) in [5.41, 5.74) is 2.52. The minimum absolute atomic E-state index is 0.0161. The Kier molecular flexibility index (Phi) is 17.4. The van der Waals surface area contributed by atoms with Gasteiger partial charge in [0.05, 0.1) is 97.7 Å². The second-order valence-electron chi connectivity index (χ2n) is 20.7. The lowest BCUT2D eigenvalue weighted by Gasteiger charge is -2.35. The zero-order chi connectivity index (χ0) is 60.3. The molecule has 85 heavy (non-hydrogen) atoms. The van der Waals surface area contributed by atoms with E-state index in [4.69, 9.17) is 52.6 Å². The Morgan fingerprint density at radius 1 is 0.612 bits per heavy atom. The van der Waals surface area contributed by atoms with Crippen molar-refractivity contribution >= 4 is 57.5 Å². The molecule has 4 aliphatic heterocycles. The Hall–Kier alpha value is -8.62. The topological polar surface area (TPSA) is 320 Å². The van der Waals surface area contributed by atoms with Crippen molar-refractivity contribution in [1.29, 1.82) is 0 Å². The van der Waals surface area contributed by atoms with Crippen LogP contribution in [-0.2, 0) is 122 Å². The molecule has 0 spiro atoms. The third-order valence-corrected chi connectivity index (χ3v) is 15.7. The van der Waals surface area contributed by atoms with Gasteiger partial charge in [-0.25, -0.2) is 19.6 Å². The van der Waals surface area contributed by atoms with Gasteiger partial charge in [0.15, 0.2) is 0 Å². The number of nitrogens with one attached hydrogen (secondary N) is 2. The molecule has 3 atom stereocenters. The molecule has 10 rings (SSSR count). The van der Waals surface area contributed by atoms with E-state index < -0.39 is 90.4 Å². The van der Waals surface area contributed by atoms with Crippen molar-refractivity contribution in [2.24, 2.45) is 0 Å². The van der Waals surface area contributed by atoms with E-state index in [2.05, 4.69) is 10.6 Å². The third kappa shape index (κ3) is 11.3. The van der Waals surface area contributed by atoms with E-state index in [1.165, 1.54) is 19.2 Å². The van der Waals surface area contributed by atoms with Crippen LogP contribution in [0, 0.1) is 0 Å². The number of phenols is 2. The lowest BCUT2D eigenvalue weighted by Crippen LogP contribution is -2.48. The number of ether oxygens (including phenoxy) is 9. The summed E-state index contributed by atoms with van der Waals surface area (Å²) in [6.07, 6.45) is 0.484. The second kappa shape index (κ2) is 24.9. The average Bonchev–Trinajstić information content (AvgIpc) is 2.34. The largest absolute Gasteiger partial charge is 0.508 e. The first-order valence-electron chi connectivity index (χ1n) is 28.0. The number of carbonyl (C=O) groups is 6. The van der Waals surface area contributed by atoms with Crippen LogP contribution in [0.2, 0.25) is 0 Å². The molecular formula is C60H64N6O19. The van der Waals surface area contributed by atoms with Gasteiger partial charge in [-0.2, -0.15) is 0 Å². The molecular weight excluding hydrogens is 1110 g/mol. The molecule has 6 aromatic rings. The van der Waals surface area contributed by atoms with Gasteiger partial charge in [-0.1, -0.05) is 27.7 Å². The van der Waals surface area contributed by atoms with Crippen molar-refractivity contribution in [3.63, 3.8) is 0 Å². The molecule has 1 unspecified atom stereocenters. The van der Waals surface area contributed by atoms with Crippen LogP contribution in [0.4, 0.5) is 0 Å². The number of pyridine rings is 4. The molecule has 0 aliphatic carbocycles. The Bertz CT molecular complexity index is 3820. The maximum absolute atomic E-state index is 14.1. The lowest BCUT2D eigenvalue weighted by atomic mass is 9.85. The van der Waals surface area contributed by atoms with E-state index in [0.717, 1.165) is 33.0 Å². The molecule has 4 N–H and O–H groups in total. The van der Waals surface area contributed by atoms with Crippen molar-refractivity contribution in [3.05, 3.63) is 114 Å². The summed E-state index contributed by atoms with van der Waals surface area (Å²) in [4.78, 5) is 117. The fourth-order valence-corrected chi connectivity index (χ4v) is 11.6. The highest BCUT2D eigenvalue weighted by atomic mass is 16.6. The number of aromatic nitrogens is 4. The van der Waals surface area contributed by atoms with Gasteiger partial charge < -0.3 is 72.6 Å². The van der Waals surface area contributed by atoms with Gasteiger partial charge in [0.25, 0.3) is 11.1 Å². The van der Waals surface area contributed by atoms with Crippen LogP contribution in [-0.4, -0.2) is 144 Å². The van der Waals surface area contributed by atoms with Crippen molar-refractivity contribution < 1.29 is 81.6 Å². The quantitative estimate of drug-likeness (QED) is 0.0363. The number of hydrogen-bond donors (Lipinski definition) is 4. The van der Waals surface area contributed by atoms with Gasteiger partial charge >= 0.3 is 23.9 Å². The van der Waals surface area contributed by atoms with Crippen LogP contribution in [0.1, 0.15) is 85.0 Å². The smallest absolute Gasteiger partial charge is 0.355 e. The molecule has 448 valence electrons. The number of cyclic esters (lactones) is 2. The molecule has 2 amide bonds. The minimum atomic E-state index is -1.99. The standard InChI is InChI=1S/C60H64N6O19/c1-6-35-37-18-32(67)10-12-45(37)63-53-39(35)24-65-47(53)20-43-41(55(65)73)28-82-57(75)59(43,8-3)84-51(71)22-61-49(69)30-79-15-14-78-27-34(26-77-5)81-17-16-80-31-50(70)62-23-52(72)85-60(9-4)44-21-48-54-40(25-66(48)56(74)42(44)29-83-58(60)76)36(7-2)38-19-33(68)11-13-46(38)64-54/h10-13,18-21,34,67-68H,6-9,14-17,22-31H2,1-5H3,(H,61,69)(H,62,70)/t34?,59-,60-/m0/s1. The van der Waals surface area contributed by atoms with Crippen LogP contribution in [0.25, 0.3) is 44.6 Å². The lowest BCUT2D eigenvalue weighted by molar-refractivity contribution is -0.189. The molecule has 0 fully saturated rings. The van der Waals surface area contributed by atoms with Gasteiger partial charge in [-0.05, 0) is 85.3 Å². The Labute approximate surface area is 485 Å². The molecule has 2 aromatic carbocycles. The summed E-state index contributed by atoms with van der Waals surface area (Å²) in [7, 11) is 1.47. The highest BCUT2D eigenvalue weighted by molar-refractivity contribution is 5.93. The van der Waals surface area contributed by atoms with E-state index in [1.54, 1.807) is 59.4 Å². The van der Waals surface area contributed by atoms with Gasteiger partial charge in [0, 0.05) is 40.1 Å². The zero-order valence-corrected chi connectivity index (χ0v) is 47.5. The van der Waals surface area contributed by atoms with Crippen LogP contribution < -0.4 is 21.8 Å². The van der Waals surface area contributed by atoms with E-state index >= 15 is 0 Å². The maximum Gasteiger partial charge on any atom is 0.355 e. The number of benzene rings is 2. The molecule has 25 heteroatoms. The first-order valence-corrected chi connectivity index (χ1v) is 28.0. The molecule has 0 radical (unpaired) electrons. The van der Waals surface area contributed by atoms with Crippen LogP contribution in [0.5, 0.6) is 11.5 Å². The number of rotatable bonds is 25. The Morgan fingerprint density at radius 3 is 1.49 bits per heavy atom. The summed E-state index contributed by atoms with van der Waals surface area (Å²) in [6, 6.07) is 13.0. The highest BCUT2D eigenvalue weighted by Gasteiger charge is 2.52. The Morgan fingerprint density at radius 2 is 1.06 bits per heavy atom. The predicted molar refractivity (Wildman–Crippen MR) is 299 cm³/mol. The number of aryl methyl sites for hydroxylation is 2. The maximum atomic E-state index is 14.1. The molecule has 4 aromatic heterocycles. The van der Waals surface area contributed by atoms with Crippen LogP contribution in [0.3, 0.4) is 0 Å². The van der Waals surface area contributed by atoms with Crippen molar-refractivity contribution in [2.45, 2.75) is 97.0 Å². The fourth-order valence-electron chi connectivity index (χ4n) is 11.6. The summed E-state index contributed by atoms with van der Waals surface area (Å²) < 4.78 is 53.2. The molecule has 25 nitrogen and oxygen atoms in total. The van der Waals surface area contributed by atoms with Crippen molar-refractivity contribution in [2.75, 3.05) is 73.1 Å². The summed E-state index contributed by atoms with van der Waals surface area (Å²) in [6.45, 7) is 5.03. The predicted octanol–water partition coefficient (Wildman–Crippen LogP) is 3.12. The normalized spacial score (nSPS) is 17.4. The van der Waals surface area contributed by atoms with Crippen molar-refractivity contribution in [3.8, 4) is 34.3 Å². The number of amides is 2. The number of carbonyl (C=O) groups excluding carboxylic acids is 6. The minimum Gasteiger partial charge on any atom is -0.508 e. The molecule has 0 saturated heterocycles. The van der Waals surface area contributed by atoms with Crippen LogP contribution in [0.15, 0.2) is 58.1 Å². The number of methoxy groups -OCH3 is 1. The molecule has 4 aliphatic rings. The van der Waals surface area contributed by atoms with E-state index in [9.17, 15) is 48.6 Å². The number of esters is 4. The zero-order valence-electron chi connectivity index (χ0n) is 47.5. The van der Waals surface area contributed by atoms with Crippen LogP contribution >= 0.6 is 0 Å². The van der Waals surface area contributed by atoms with Gasteiger partial charge in [-0.15, -0.1) is 0 Å². The van der Waals surface area contributed by atoms with Crippen molar-refractivity contribution in [1.82, 2.24) is 29.7 Å².